The average Bonchev–Trinajstić information content (AvgIpc) is 2.59. The first-order chi connectivity index (χ1) is 5.95. The Morgan fingerprint density at radius 3 is 2.75 bits per heavy atom. The molecule has 1 aromatic heterocycles. The summed E-state index contributed by atoms with van der Waals surface area (Å²) in [7, 11) is 0. The van der Waals surface area contributed by atoms with Crippen molar-refractivity contribution in [2.45, 2.75) is 0 Å². The van der Waals surface area contributed by atoms with Crippen LogP contribution in [-0.2, 0) is 0 Å². The van der Waals surface area contributed by atoms with Gasteiger partial charge in [-0.3, -0.25) is 0 Å². The molecule has 59 valence electrons. The predicted octanol–water partition coefficient (Wildman–Crippen LogP) is 2.00. The van der Waals surface area contributed by atoms with E-state index in [-0.39, 0.29) is 0 Å². The van der Waals surface area contributed by atoms with Crippen LogP contribution in [0.1, 0.15) is 0 Å². The summed E-state index contributed by atoms with van der Waals surface area (Å²) in [6.45, 7) is 0. The van der Waals surface area contributed by atoms with Crippen molar-refractivity contribution < 1.29 is 4.74 Å². The molecule has 1 N–H and O–H groups in total. The third-order valence-corrected chi connectivity index (χ3v) is 1.38. The Kier molecular flexibility index (Phi) is 1.78. The predicted molar refractivity (Wildman–Crippen MR) is 43.9 cm³/mol. The van der Waals surface area contributed by atoms with Crippen molar-refractivity contribution in [2.75, 3.05) is 0 Å². The van der Waals surface area contributed by atoms with Crippen molar-refractivity contribution in [3.63, 3.8) is 0 Å². The number of ether oxygens (including phenoxy) is 1. The molecule has 1 heterocycles. The maximum atomic E-state index is 5.32. The van der Waals surface area contributed by atoms with Crippen molar-refractivity contribution in [3.8, 4) is 11.8 Å². The van der Waals surface area contributed by atoms with Crippen LogP contribution >= 0.6 is 0 Å². The van der Waals surface area contributed by atoms with Gasteiger partial charge in [-0.25, -0.2) is 0 Å². The molecule has 0 fully saturated rings. The van der Waals surface area contributed by atoms with Crippen LogP contribution in [0.25, 0.3) is 0 Å². The lowest BCUT2D eigenvalue weighted by Crippen LogP contribution is -1.84. The Labute approximate surface area is 70.0 Å². The van der Waals surface area contributed by atoms with Crippen LogP contribution in [-0.4, -0.2) is 9.97 Å². The average molecular weight is 159 g/mol. The molecule has 0 unspecified atom stereocenters. The lowest BCUT2D eigenvalue weighted by Gasteiger charge is -1.99. The molecular formula is C9H7N2O. The SMILES string of the molecule is [c]1c[nH]c(Oc2ccccc2)n1. The third kappa shape index (κ3) is 1.45. The first-order valence-corrected chi connectivity index (χ1v) is 3.59. The molecular weight excluding hydrogens is 152 g/mol. The van der Waals surface area contributed by atoms with E-state index in [1.165, 1.54) is 0 Å². The van der Waals surface area contributed by atoms with Gasteiger partial charge in [0.1, 0.15) is 11.9 Å². The molecule has 12 heavy (non-hydrogen) atoms. The fraction of sp³-hybridized carbons (Fsp3) is 0. The maximum absolute atomic E-state index is 5.32. The van der Waals surface area contributed by atoms with Gasteiger partial charge >= 0.3 is 0 Å². The van der Waals surface area contributed by atoms with Crippen LogP contribution in [0.2, 0.25) is 0 Å². The number of benzene rings is 1. The highest BCUT2D eigenvalue weighted by Gasteiger charge is 1.95. The van der Waals surface area contributed by atoms with Crippen LogP contribution in [0.4, 0.5) is 0 Å². The second-order valence-corrected chi connectivity index (χ2v) is 2.25. The van der Waals surface area contributed by atoms with E-state index in [2.05, 4.69) is 16.2 Å². The number of rotatable bonds is 2. The van der Waals surface area contributed by atoms with Gasteiger partial charge in [0.05, 0.1) is 0 Å². The summed E-state index contributed by atoms with van der Waals surface area (Å²) in [6.07, 6.45) is 4.21. The second kappa shape index (κ2) is 3.09. The summed E-state index contributed by atoms with van der Waals surface area (Å²) in [6, 6.07) is 9.93. The van der Waals surface area contributed by atoms with E-state index in [0.29, 0.717) is 6.01 Å². The van der Waals surface area contributed by atoms with Gasteiger partial charge in [0.2, 0.25) is 0 Å². The van der Waals surface area contributed by atoms with E-state index in [4.69, 9.17) is 4.74 Å². The van der Waals surface area contributed by atoms with Crippen molar-refractivity contribution in [1.29, 1.82) is 0 Å². The second-order valence-electron chi connectivity index (χ2n) is 2.25. The zero-order valence-corrected chi connectivity index (χ0v) is 6.32. The van der Waals surface area contributed by atoms with Gasteiger partial charge in [-0.2, -0.15) is 4.98 Å². The first kappa shape index (κ1) is 6.91. The highest BCUT2D eigenvalue weighted by atomic mass is 16.5. The minimum atomic E-state index is 0.459. The molecule has 2 rings (SSSR count). The molecule has 0 bridgehead atoms. The largest absolute Gasteiger partial charge is 0.426 e. The lowest BCUT2D eigenvalue weighted by molar-refractivity contribution is 0.447. The molecule has 0 saturated carbocycles. The Bertz CT molecular complexity index is 329. The number of H-pyrrole nitrogens is 1. The Morgan fingerprint density at radius 2 is 2.08 bits per heavy atom. The van der Waals surface area contributed by atoms with E-state index in [0.717, 1.165) is 5.75 Å². The van der Waals surface area contributed by atoms with Gasteiger partial charge < -0.3 is 9.72 Å². The first-order valence-electron chi connectivity index (χ1n) is 3.59. The van der Waals surface area contributed by atoms with Gasteiger partial charge in [0, 0.05) is 6.20 Å². The summed E-state index contributed by atoms with van der Waals surface area (Å²) in [5.74, 6) is 0.765. The molecule has 0 amide bonds. The molecule has 0 aliphatic carbocycles. The molecule has 0 spiro atoms. The monoisotopic (exact) mass is 159 g/mol. The summed E-state index contributed by atoms with van der Waals surface area (Å²) in [5, 5.41) is 0. The van der Waals surface area contributed by atoms with Crippen LogP contribution in [0, 0.1) is 6.20 Å². The van der Waals surface area contributed by atoms with Gasteiger partial charge in [-0.15, -0.1) is 0 Å². The number of para-hydroxylation sites is 1. The molecule has 0 atom stereocenters. The number of imidazole rings is 1. The zero-order valence-electron chi connectivity index (χ0n) is 6.32. The number of hydrogen-bond acceptors (Lipinski definition) is 2. The molecule has 3 heteroatoms. The number of nitrogens with one attached hydrogen (secondary N) is 1. The van der Waals surface area contributed by atoms with Crippen LogP contribution in [0.3, 0.4) is 0 Å². The minimum absolute atomic E-state index is 0.459. The quantitative estimate of drug-likeness (QED) is 0.727. The highest BCUT2D eigenvalue weighted by molar-refractivity contribution is 5.23. The van der Waals surface area contributed by atoms with E-state index in [9.17, 15) is 0 Å². The van der Waals surface area contributed by atoms with E-state index >= 15 is 0 Å². The molecule has 0 aliphatic rings. The fourth-order valence-corrected chi connectivity index (χ4v) is 0.870. The van der Waals surface area contributed by atoms with Gasteiger partial charge in [0.25, 0.3) is 6.01 Å². The molecule has 1 aromatic carbocycles. The topological polar surface area (TPSA) is 37.9 Å². The number of aromatic nitrogens is 2. The van der Waals surface area contributed by atoms with Crippen molar-refractivity contribution in [2.24, 2.45) is 0 Å². The number of hydrogen-bond donors (Lipinski definition) is 1. The fourth-order valence-electron chi connectivity index (χ4n) is 0.870. The normalized spacial score (nSPS) is 9.67. The Morgan fingerprint density at radius 1 is 1.25 bits per heavy atom. The minimum Gasteiger partial charge on any atom is -0.426 e. The molecule has 0 aliphatic heterocycles. The molecule has 1 radical (unpaired) electrons. The van der Waals surface area contributed by atoms with E-state index in [1.54, 1.807) is 6.20 Å². The van der Waals surface area contributed by atoms with Crippen molar-refractivity contribution in [3.05, 3.63) is 42.7 Å². The van der Waals surface area contributed by atoms with E-state index in [1.807, 2.05) is 30.3 Å². The standard InChI is InChI=1S/C9H7N2O/c1-2-4-8(5-3-1)12-9-10-6-7-11-9/h1-6H,(H,10,11). The Balaban J connectivity index is 2.15. The summed E-state index contributed by atoms with van der Waals surface area (Å²) >= 11 is 0. The van der Waals surface area contributed by atoms with Gasteiger partial charge in [0.15, 0.2) is 0 Å². The van der Waals surface area contributed by atoms with Crippen LogP contribution in [0.5, 0.6) is 11.8 Å². The molecule has 0 saturated heterocycles. The maximum Gasteiger partial charge on any atom is 0.299 e. The summed E-state index contributed by atoms with van der Waals surface area (Å²) < 4.78 is 5.32. The van der Waals surface area contributed by atoms with Crippen molar-refractivity contribution >= 4 is 0 Å². The highest BCUT2D eigenvalue weighted by Crippen LogP contribution is 2.15. The van der Waals surface area contributed by atoms with E-state index < -0.39 is 0 Å². The molecule has 3 nitrogen and oxygen atoms in total. The van der Waals surface area contributed by atoms with Gasteiger partial charge in [-0.1, -0.05) is 18.2 Å². The number of nitrogens with zero attached hydrogens (tertiary/aromatic N) is 1. The van der Waals surface area contributed by atoms with Crippen LogP contribution < -0.4 is 4.74 Å². The van der Waals surface area contributed by atoms with Crippen molar-refractivity contribution in [1.82, 2.24) is 9.97 Å². The third-order valence-electron chi connectivity index (χ3n) is 1.38. The van der Waals surface area contributed by atoms with Gasteiger partial charge in [-0.05, 0) is 12.1 Å². The smallest absolute Gasteiger partial charge is 0.299 e. The number of aromatic amines is 1. The summed E-state index contributed by atoms with van der Waals surface area (Å²) in [4.78, 5) is 6.61. The summed E-state index contributed by atoms with van der Waals surface area (Å²) in [5.41, 5.74) is 0. The Hall–Kier alpha value is -1.77. The molecule has 2 aromatic rings. The van der Waals surface area contributed by atoms with Crippen LogP contribution in [0.15, 0.2) is 36.5 Å². The zero-order chi connectivity index (χ0) is 8.23. The lowest BCUT2D eigenvalue weighted by atomic mass is 10.3.